The Morgan fingerprint density at radius 3 is 3.06 bits per heavy atom. The standard InChI is InChI=1S/C13H13IN2O/c14-8-3-4-9-10(7-16-12(9)6-8)13(17)11-2-1-5-15-11/h3-4,6-7,11,15-16H,1-2,5H2. The summed E-state index contributed by atoms with van der Waals surface area (Å²) in [5, 5.41) is 4.29. The Labute approximate surface area is 113 Å². The van der Waals surface area contributed by atoms with Crippen molar-refractivity contribution in [2.45, 2.75) is 18.9 Å². The number of fused-ring (bicyclic) bond motifs is 1. The number of hydrogen-bond acceptors (Lipinski definition) is 2. The van der Waals surface area contributed by atoms with Crippen molar-refractivity contribution in [3.63, 3.8) is 0 Å². The molecule has 0 aliphatic carbocycles. The number of Topliss-reactive ketones (excluding diaryl/α,β-unsaturated/α-hetero) is 1. The van der Waals surface area contributed by atoms with E-state index >= 15 is 0 Å². The van der Waals surface area contributed by atoms with Crippen molar-refractivity contribution in [2.24, 2.45) is 0 Å². The van der Waals surface area contributed by atoms with E-state index in [1.165, 1.54) is 3.57 Å². The molecule has 1 saturated heterocycles. The zero-order chi connectivity index (χ0) is 11.8. The molecular formula is C13H13IN2O. The van der Waals surface area contributed by atoms with Crippen LogP contribution in [0, 0.1) is 3.57 Å². The number of carbonyl (C=O) groups excluding carboxylic acids is 1. The summed E-state index contributed by atoms with van der Waals surface area (Å²) in [6.07, 6.45) is 3.88. The minimum atomic E-state index is 0.00766. The topological polar surface area (TPSA) is 44.9 Å². The molecule has 88 valence electrons. The first kappa shape index (κ1) is 11.2. The number of carbonyl (C=O) groups is 1. The summed E-state index contributed by atoms with van der Waals surface area (Å²) in [5.74, 6) is 0.218. The molecule has 1 aromatic carbocycles. The van der Waals surface area contributed by atoms with Gasteiger partial charge >= 0.3 is 0 Å². The summed E-state index contributed by atoms with van der Waals surface area (Å²) in [6.45, 7) is 0.955. The van der Waals surface area contributed by atoms with Gasteiger partial charge in [-0.2, -0.15) is 0 Å². The van der Waals surface area contributed by atoms with E-state index in [1.807, 2.05) is 18.3 Å². The van der Waals surface area contributed by atoms with Crippen molar-refractivity contribution >= 4 is 39.3 Å². The van der Waals surface area contributed by atoms with Gasteiger partial charge in [0.2, 0.25) is 0 Å². The van der Waals surface area contributed by atoms with Crippen molar-refractivity contribution < 1.29 is 4.79 Å². The number of ketones is 1. The lowest BCUT2D eigenvalue weighted by atomic mass is 10.0. The van der Waals surface area contributed by atoms with Gasteiger partial charge in [0.15, 0.2) is 5.78 Å². The van der Waals surface area contributed by atoms with Gasteiger partial charge in [0, 0.05) is 26.2 Å². The quantitative estimate of drug-likeness (QED) is 0.652. The van der Waals surface area contributed by atoms with Gasteiger partial charge in [0.1, 0.15) is 0 Å². The molecule has 3 nitrogen and oxygen atoms in total. The van der Waals surface area contributed by atoms with Gasteiger partial charge in [-0.15, -0.1) is 0 Å². The Bertz CT molecular complexity index is 570. The average Bonchev–Trinajstić information content (AvgIpc) is 2.96. The first-order valence-corrected chi connectivity index (χ1v) is 6.88. The maximum Gasteiger partial charge on any atom is 0.181 e. The minimum absolute atomic E-state index is 0.00766. The number of aromatic nitrogens is 1. The average molecular weight is 340 g/mol. The highest BCUT2D eigenvalue weighted by molar-refractivity contribution is 14.1. The molecule has 2 N–H and O–H groups in total. The third kappa shape index (κ3) is 1.99. The summed E-state index contributed by atoms with van der Waals surface area (Å²) in [5.41, 5.74) is 1.86. The monoisotopic (exact) mass is 340 g/mol. The van der Waals surface area contributed by atoms with Crippen LogP contribution in [0.5, 0.6) is 0 Å². The van der Waals surface area contributed by atoms with Crippen LogP contribution in [-0.2, 0) is 0 Å². The zero-order valence-corrected chi connectivity index (χ0v) is 11.5. The van der Waals surface area contributed by atoms with E-state index in [1.54, 1.807) is 0 Å². The Morgan fingerprint density at radius 1 is 1.41 bits per heavy atom. The van der Waals surface area contributed by atoms with Gasteiger partial charge in [0.25, 0.3) is 0 Å². The molecule has 0 radical (unpaired) electrons. The molecule has 1 unspecified atom stereocenters. The molecule has 0 amide bonds. The second-order valence-electron chi connectivity index (χ2n) is 4.41. The molecule has 1 aliphatic rings. The van der Waals surface area contributed by atoms with E-state index in [0.717, 1.165) is 35.9 Å². The lowest BCUT2D eigenvalue weighted by Crippen LogP contribution is -2.30. The van der Waals surface area contributed by atoms with E-state index < -0.39 is 0 Å². The predicted molar refractivity (Wildman–Crippen MR) is 76.4 cm³/mol. The third-order valence-electron chi connectivity index (χ3n) is 3.29. The normalized spacial score (nSPS) is 19.9. The third-order valence-corrected chi connectivity index (χ3v) is 3.96. The molecule has 2 aromatic rings. The van der Waals surface area contributed by atoms with Crippen molar-refractivity contribution in [1.82, 2.24) is 10.3 Å². The summed E-state index contributed by atoms with van der Waals surface area (Å²) >= 11 is 2.28. The van der Waals surface area contributed by atoms with Crippen molar-refractivity contribution in [1.29, 1.82) is 0 Å². The Hall–Kier alpha value is -0.880. The number of nitrogens with one attached hydrogen (secondary N) is 2. The highest BCUT2D eigenvalue weighted by atomic mass is 127. The molecule has 1 fully saturated rings. The fourth-order valence-electron chi connectivity index (χ4n) is 2.40. The summed E-state index contributed by atoms with van der Waals surface area (Å²) in [7, 11) is 0. The molecule has 4 heteroatoms. The number of H-pyrrole nitrogens is 1. The van der Waals surface area contributed by atoms with Crippen molar-refractivity contribution in [3.8, 4) is 0 Å². The maximum absolute atomic E-state index is 12.3. The lowest BCUT2D eigenvalue weighted by Gasteiger charge is -2.07. The largest absolute Gasteiger partial charge is 0.360 e. The number of benzene rings is 1. The van der Waals surface area contributed by atoms with E-state index in [4.69, 9.17) is 0 Å². The van der Waals surface area contributed by atoms with Gasteiger partial charge in [-0.25, -0.2) is 0 Å². The van der Waals surface area contributed by atoms with Crippen LogP contribution in [0.15, 0.2) is 24.4 Å². The maximum atomic E-state index is 12.3. The molecule has 1 aliphatic heterocycles. The van der Waals surface area contributed by atoms with Crippen LogP contribution in [0.3, 0.4) is 0 Å². The zero-order valence-electron chi connectivity index (χ0n) is 9.29. The number of rotatable bonds is 2. The van der Waals surface area contributed by atoms with Gasteiger partial charge in [-0.05, 0) is 54.1 Å². The van der Waals surface area contributed by atoms with Gasteiger partial charge < -0.3 is 10.3 Å². The molecule has 2 heterocycles. The van der Waals surface area contributed by atoms with Crippen LogP contribution >= 0.6 is 22.6 Å². The smallest absolute Gasteiger partial charge is 0.181 e. The number of halogens is 1. The van der Waals surface area contributed by atoms with Gasteiger partial charge in [-0.3, -0.25) is 4.79 Å². The fraction of sp³-hybridized carbons (Fsp3) is 0.308. The number of hydrogen-bond donors (Lipinski definition) is 2. The minimum Gasteiger partial charge on any atom is -0.360 e. The van der Waals surface area contributed by atoms with E-state index in [9.17, 15) is 4.79 Å². The summed E-state index contributed by atoms with van der Waals surface area (Å²) in [6, 6.07) is 6.13. The SMILES string of the molecule is O=C(c1c[nH]c2cc(I)ccc12)C1CCCN1. The Balaban J connectivity index is 2.02. The van der Waals surface area contributed by atoms with Gasteiger partial charge in [0.05, 0.1) is 6.04 Å². The van der Waals surface area contributed by atoms with Crippen LogP contribution in [0.2, 0.25) is 0 Å². The van der Waals surface area contributed by atoms with Gasteiger partial charge in [-0.1, -0.05) is 6.07 Å². The van der Waals surface area contributed by atoms with E-state index in [2.05, 4.69) is 39.0 Å². The molecule has 0 spiro atoms. The van der Waals surface area contributed by atoms with Crippen LogP contribution < -0.4 is 5.32 Å². The molecule has 3 rings (SSSR count). The first-order chi connectivity index (χ1) is 8.25. The van der Waals surface area contributed by atoms with Crippen LogP contribution in [0.4, 0.5) is 0 Å². The molecular weight excluding hydrogens is 327 g/mol. The molecule has 1 atom stereocenters. The second-order valence-corrected chi connectivity index (χ2v) is 5.65. The molecule has 0 bridgehead atoms. The lowest BCUT2D eigenvalue weighted by molar-refractivity contribution is 0.0954. The van der Waals surface area contributed by atoms with Crippen LogP contribution in [0.25, 0.3) is 10.9 Å². The highest BCUT2D eigenvalue weighted by Gasteiger charge is 2.25. The van der Waals surface area contributed by atoms with E-state index in [-0.39, 0.29) is 11.8 Å². The summed E-state index contributed by atoms with van der Waals surface area (Å²) < 4.78 is 1.18. The number of aromatic amines is 1. The second kappa shape index (κ2) is 4.42. The molecule has 1 aromatic heterocycles. The fourth-order valence-corrected chi connectivity index (χ4v) is 2.89. The van der Waals surface area contributed by atoms with Crippen molar-refractivity contribution in [2.75, 3.05) is 6.54 Å². The predicted octanol–water partition coefficient (Wildman–Crippen LogP) is 2.71. The molecule has 0 saturated carbocycles. The Morgan fingerprint density at radius 2 is 2.29 bits per heavy atom. The van der Waals surface area contributed by atoms with E-state index in [0.29, 0.717) is 0 Å². The van der Waals surface area contributed by atoms with Crippen LogP contribution in [0.1, 0.15) is 23.2 Å². The Kier molecular flexibility index (Phi) is 2.92. The van der Waals surface area contributed by atoms with Crippen molar-refractivity contribution in [3.05, 3.63) is 33.5 Å². The van der Waals surface area contributed by atoms with Crippen LogP contribution in [-0.4, -0.2) is 23.4 Å². The summed E-state index contributed by atoms with van der Waals surface area (Å²) in [4.78, 5) is 15.5. The molecule has 17 heavy (non-hydrogen) atoms. The first-order valence-electron chi connectivity index (χ1n) is 5.80. The highest BCUT2D eigenvalue weighted by Crippen LogP contribution is 2.23.